The van der Waals surface area contributed by atoms with Gasteiger partial charge in [-0.25, -0.2) is 0 Å². The Morgan fingerprint density at radius 2 is 1.40 bits per heavy atom. The molecular formula is C26H28N4O5. The highest BCUT2D eigenvalue weighted by molar-refractivity contribution is 6.50. The van der Waals surface area contributed by atoms with Crippen LogP contribution in [0.4, 0.5) is 0 Å². The Balaban J connectivity index is 0.000000638. The number of hydrogen-bond acceptors (Lipinski definition) is 4. The van der Waals surface area contributed by atoms with Crippen LogP contribution in [-0.2, 0) is 28.0 Å². The molecule has 0 saturated carbocycles. The maximum atomic E-state index is 13.0. The van der Waals surface area contributed by atoms with Gasteiger partial charge >= 0.3 is 0 Å². The van der Waals surface area contributed by atoms with Gasteiger partial charge in [0.05, 0.1) is 11.1 Å². The predicted molar refractivity (Wildman–Crippen MR) is 135 cm³/mol. The lowest BCUT2D eigenvalue weighted by Gasteiger charge is -2.03. The lowest BCUT2D eigenvalue weighted by Crippen LogP contribution is -2.22. The normalized spacial score (nSPS) is 13.0. The van der Waals surface area contributed by atoms with Crippen LogP contribution in [0.2, 0.25) is 0 Å². The summed E-state index contributed by atoms with van der Waals surface area (Å²) in [5.74, 6) is -1.55. The Labute approximate surface area is 201 Å². The largest absolute Gasteiger partial charge is 0.481 e. The van der Waals surface area contributed by atoms with Crippen LogP contribution in [0.1, 0.15) is 24.5 Å². The number of imide groups is 1. The number of carboxylic acid groups (broad SMARTS) is 1. The molecule has 0 radical (unpaired) electrons. The van der Waals surface area contributed by atoms with E-state index < -0.39 is 5.97 Å². The van der Waals surface area contributed by atoms with Crippen molar-refractivity contribution in [3.05, 3.63) is 72.1 Å². The van der Waals surface area contributed by atoms with Crippen molar-refractivity contribution in [2.24, 2.45) is 12.8 Å². The molecule has 0 bridgehead atoms. The first-order chi connectivity index (χ1) is 16.3. The van der Waals surface area contributed by atoms with Crippen LogP contribution in [0.3, 0.4) is 0 Å². The van der Waals surface area contributed by atoms with Gasteiger partial charge in [0.2, 0.25) is 0 Å². The number of amides is 2. The summed E-state index contributed by atoms with van der Waals surface area (Å²) in [5.41, 5.74) is 10.1. The van der Waals surface area contributed by atoms with Crippen molar-refractivity contribution in [1.29, 1.82) is 0 Å². The van der Waals surface area contributed by atoms with Gasteiger partial charge in [0.1, 0.15) is 0 Å². The van der Waals surface area contributed by atoms with E-state index in [1.165, 1.54) is 0 Å². The first kappa shape index (κ1) is 25.4. The number of aryl methyl sites for hydroxylation is 2. The second-order valence-corrected chi connectivity index (χ2v) is 8.12. The van der Waals surface area contributed by atoms with Gasteiger partial charge in [-0.2, -0.15) is 0 Å². The standard InChI is InChI=1S/C24H22N4O2.C2H4O2.H2O/c1-27-13-17(15-7-2-4-9-19(15)27)21-22(24(30)26-23(21)29)18-14-28(12-6-11-25)20-10-5-3-8-16(18)20;1-2(3)4;/h2-5,7-10,13-14H,6,11-12,25H2,1H3,(H,26,29,30);1H3,(H,3,4);1H2. The molecule has 2 amide bonds. The summed E-state index contributed by atoms with van der Waals surface area (Å²) in [6, 6.07) is 15.8. The molecule has 0 spiro atoms. The van der Waals surface area contributed by atoms with Crippen LogP contribution in [0, 0.1) is 0 Å². The van der Waals surface area contributed by atoms with E-state index in [1.807, 2.05) is 72.5 Å². The van der Waals surface area contributed by atoms with Crippen LogP contribution in [-0.4, -0.2) is 44.0 Å². The smallest absolute Gasteiger partial charge is 0.300 e. The lowest BCUT2D eigenvalue weighted by molar-refractivity contribution is -0.134. The van der Waals surface area contributed by atoms with E-state index in [2.05, 4.69) is 9.88 Å². The van der Waals surface area contributed by atoms with E-state index in [0.29, 0.717) is 17.7 Å². The average molecular weight is 477 g/mol. The number of aromatic nitrogens is 2. The van der Waals surface area contributed by atoms with Crippen LogP contribution < -0.4 is 11.1 Å². The second-order valence-electron chi connectivity index (χ2n) is 8.12. The molecule has 0 unspecified atom stereocenters. The quantitative estimate of drug-likeness (QED) is 0.378. The fraction of sp³-hybridized carbons (Fsp3) is 0.192. The molecule has 1 aliphatic rings. The summed E-state index contributed by atoms with van der Waals surface area (Å²) in [6.07, 6.45) is 4.73. The number of nitrogens with one attached hydrogen (secondary N) is 1. The number of carboxylic acids is 1. The van der Waals surface area contributed by atoms with Crippen LogP contribution in [0.5, 0.6) is 0 Å². The van der Waals surface area contributed by atoms with Gasteiger partial charge in [0, 0.05) is 65.8 Å². The van der Waals surface area contributed by atoms with Gasteiger partial charge in [-0.05, 0) is 25.1 Å². The molecular weight excluding hydrogens is 448 g/mol. The molecule has 0 fully saturated rings. The van der Waals surface area contributed by atoms with E-state index in [1.54, 1.807) is 0 Å². The van der Waals surface area contributed by atoms with Crippen molar-refractivity contribution in [3.8, 4) is 0 Å². The highest BCUT2D eigenvalue weighted by atomic mass is 16.4. The van der Waals surface area contributed by atoms with Crippen molar-refractivity contribution < 1.29 is 25.0 Å². The number of fused-ring (bicyclic) bond motifs is 2. The monoisotopic (exact) mass is 476 g/mol. The molecule has 4 aromatic rings. The molecule has 0 atom stereocenters. The van der Waals surface area contributed by atoms with Crippen molar-refractivity contribution >= 4 is 50.7 Å². The fourth-order valence-electron chi connectivity index (χ4n) is 4.40. The number of nitrogens with zero attached hydrogens (tertiary/aromatic N) is 2. The second kappa shape index (κ2) is 10.4. The number of benzene rings is 2. The SMILES string of the molecule is CC(=O)O.Cn1cc(C2=C(c3cn(CCCN)c4ccccc34)C(=O)NC2=O)c2ccccc21.O. The number of hydrogen-bond donors (Lipinski definition) is 3. The average Bonchev–Trinajstić information content (AvgIpc) is 3.43. The third-order valence-corrected chi connectivity index (χ3v) is 5.76. The molecule has 2 aromatic carbocycles. The van der Waals surface area contributed by atoms with Gasteiger partial charge < -0.3 is 25.5 Å². The Hall–Kier alpha value is -4.21. The molecule has 35 heavy (non-hydrogen) atoms. The maximum Gasteiger partial charge on any atom is 0.300 e. The minimum Gasteiger partial charge on any atom is -0.481 e. The number of aliphatic carboxylic acids is 1. The van der Waals surface area contributed by atoms with Gasteiger partial charge in [0.25, 0.3) is 17.8 Å². The first-order valence-corrected chi connectivity index (χ1v) is 11.0. The van der Waals surface area contributed by atoms with E-state index >= 15 is 0 Å². The summed E-state index contributed by atoms with van der Waals surface area (Å²) in [6.45, 7) is 2.42. The van der Waals surface area contributed by atoms with Crippen LogP contribution >= 0.6 is 0 Å². The molecule has 3 heterocycles. The third kappa shape index (κ3) is 4.72. The molecule has 5 rings (SSSR count). The van der Waals surface area contributed by atoms with Crippen molar-refractivity contribution in [2.75, 3.05) is 6.54 Å². The summed E-state index contributed by atoms with van der Waals surface area (Å²) in [7, 11) is 1.94. The Bertz CT molecular complexity index is 1460. The zero-order chi connectivity index (χ0) is 24.4. The molecule has 0 saturated heterocycles. The molecule has 1 aliphatic heterocycles. The van der Waals surface area contributed by atoms with Gasteiger partial charge in [-0.15, -0.1) is 0 Å². The van der Waals surface area contributed by atoms with Gasteiger partial charge in [-0.3, -0.25) is 19.7 Å². The molecule has 9 heteroatoms. The van der Waals surface area contributed by atoms with E-state index in [-0.39, 0.29) is 17.3 Å². The maximum absolute atomic E-state index is 13.0. The van der Waals surface area contributed by atoms with Gasteiger partial charge in [-0.1, -0.05) is 36.4 Å². The van der Waals surface area contributed by atoms with Crippen molar-refractivity contribution in [2.45, 2.75) is 19.9 Å². The van der Waals surface area contributed by atoms with Crippen molar-refractivity contribution in [3.63, 3.8) is 0 Å². The summed E-state index contributed by atoms with van der Waals surface area (Å²) < 4.78 is 4.09. The number of carbonyl (C=O) groups excluding carboxylic acids is 2. The number of rotatable bonds is 5. The minimum atomic E-state index is -0.833. The van der Waals surface area contributed by atoms with E-state index in [0.717, 1.165) is 52.8 Å². The number of carbonyl (C=O) groups is 3. The lowest BCUT2D eigenvalue weighted by atomic mass is 9.95. The summed E-state index contributed by atoms with van der Waals surface area (Å²) in [4.78, 5) is 34.9. The molecule has 6 N–H and O–H groups in total. The Kier molecular flexibility index (Phi) is 7.53. The zero-order valence-corrected chi connectivity index (χ0v) is 19.5. The Morgan fingerprint density at radius 1 is 0.914 bits per heavy atom. The van der Waals surface area contributed by atoms with E-state index in [4.69, 9.17) is 15.6 Å². The zero-order valence-electron chi connectivity index (χ0n) is 19.5. The van der Waals surface area contributed by atoms with E-state index in [9.17, 15) is 9.59 Å². The van der Waals surface area contributed by atoms with Crippen LogP contribution in [0.15, 0.2) is 60.9 Å². The molecule has 182 valence electrons. The number of nitrogens with two attached hydrogens (primary N) is 1. The highest BCUT2D eigenvalue weighted by Crippen LogP contribution is 2.38. The molecule has 9 nitrogen and oxygen atoms in total. The van der Waals surface area contributed by atoms with Crippen molar-refractivity contribution in [1.82, 2.24) is 14.5 Å². The first-order valence-electron chi connectivity index (χ1n) is 11.0. The highest BCUT2D eigenvalue weighted by Gasteiger charge is 2.35. The third-order valence-electron chi connectivity index (χ3n) is 5.76. The van der Waals surface area contributed by atoms with Gasteiger partial charge in [0.15, 0.2) is 0 Å². The molecule has 2 aromatic heterocycles. The fourth-order valence-corrected chi connectivity index (χ4v) is 4.40. The predicted octanol–water partition coefficient (Wildman–Crippen LogP) is 2.32. The summed E-state index contributed by atoms with van der Waals surface area (Å²) in [5, 5.41) is 11.8. The molecule has 0 aliphatic carbocycles. The Morgan fingerprint density at radius 3 is 1.97 bits per heavy atom. The minimum absolute atomic E-state index is 0. The van der Waals surface area contributed by atoms with Crippen LogP contribution in [0.25, 0.3) is 33.0 Å². The topological polar surface area (TPSA) is 151 Å². The summed E-state index contributed by atoms with van der Waals surface area (Å²) >= 11 is 0. The number of para-hydroxylation sites is 2.